The molecular formula is C69H81Cl6N11O20. The fraction of sp³-hybridized carbons (Fsp3) is 0.348. The van der Waals surface area contributed by atoms with Crippen LogP contribution < -0.4 is 57.1 Å². The Balaban J connectivity index is 0.000000285. The van der Waals surface area contributed by atoms with Crippen molar-refractivity contribution >= 4 is 145 Å². The number of methoxy groups -OCH3 is 4. The van der Waals surface area contributed by atoms with Crippen molar-refractivity contribution in [3.05, 3.63) is 154 Å². The van der Waals surface area contributed by atoms with E-state index < -0.39 is 17.8 Å². The van der Waals surface area contributed by atoms with Gasteiger partial charge >= 0.3 is 5.97 Å². The maximum atomic E-state index is 12.5. The fourth-order valence-electron chi connectivity index (χ4n) is 8.08. The van der Waals surface area contributed by atoms with Gasteiger partial charge in [-0.15, -0.1) is 0 Å². The number of ether oxygens (including phenoxy) is 8. The molecular weight excluding hydrogens is 1520 g/mol. The van der Waals surface area contributed by atoms with Gasteiger partial charge in [0.15, 0.2) is 39.9 Å². The number of nitrogens with two attached hydrogens (primary N) is 2. The summed E-state index contributed by atoms with van der Waals surface area (Å²) >= 11 is 35.7. The molecule has 2 amide bonds. The number of rotatable bonds is 29. The molecule has 4 aromatic carbocycles. The molecule has 10 N–H and O–H groups in total. The molecule has 9 aromatic rings. The number of amides is 2. The number of H-pyrrole nitrogens is 1. The Hall–Kier alpha value is -9.51. The normalized spacial score (nSPS) is 10.6. The molecule has 0 aliphatic rings. The summed E-state index contributed by atoms with van der Waals surface area (Å²) in [6.45, 7) is 18.8. The minimum absolute atomic E-state index is 0.0451. The van der Waals surface area contributed by atoms with Gasteiger partial charge in [0.2, 0.25) is 0 Å². The first-order chi connectivity index (χ1) is 50.3. The topological polar surface area (TPSA) is 434 Å². The maximum absolute atomic E-state index is 12.5. The van der Waals surface area contributed by atoms with E-state index in [4.69, 9.17) is 137 Å². The van der Waals surface area contributed by atoms with E-state index in [0.29, 0.717) is 108 Å². The van der Waals surface area contributed by atoms with Crippen molar-refractivity contribution in [2.75, 3.05) is 108 Å². The van der Waals surface area contributed by atoms with Crippen LogP contribution in [0.5, 0.6) is 23.0 Å². The van der Waals surface area contributed by atoms with Crippen LogP contribution in [0.1, 0.15) is 125 Å². The van der Waals surface area contributed by atoms with Crippen LogP contribution in [-0.4, -0.2) is 165 Å². The molecule has 0 spiro atoms. The lowest BCUT2D eigenvalue weighted by molar-refractivity contribution is 0.0689. The highest BCUT2D eigenvalue weighted by atomic mass is 35.5. The Kier molecular flexibility index (Phi) is 37.8. The number of hydrogen-bond donors (Lipinski definition) is 8. The molecule has 0 fully saturated rings. The summed E-state index contributed by atoms with van der Waals surface area (Å²) in [5, 5.41) is 20.4. The molecule has 0 aliphatic heterocycles. The van der Waals surface area contributed by atoms with Crippen LogP contribution >= 0.6 is 69.6 Å². The second kappa shape index (κ2) is 45.1. The van der Waals surface area contributed by atoms with Crippen molar-refractivity contribution in [3.8, 4) is 34.4 Å². The van der Waals surface area contributed by atoms with Crippen molar-refractivity contribution in [1.29, 1.82) is 0 Å². The summed E-state index contributed by atoms with van der Waals surface area (Å²) in [5.41, 5.74) is 13.5. The van der Waals surface area contributed by atoms with Gasteiger partial charge in [0.1, 0.15) is 100 Å². The SMILES string of the molecule is CC(C)N.COCCOc1ccc(C(C)=O)c(N)c1Cl.COCCOc1ccc(C(C)=O)c(NC(=O)c2coc(Cl)n2)c1Cl.COCCOc1ccc(C(C)=O)c(NC(=O)c2coc(NC(C)C)n2)c1Cl.COCCOc1ccc2c(=O)cc(-c3coc(NC(C)C)n3)[nH]c2c1Cl.O=C(O)c1coc(Cl)n1. The lowest BCUT2D eigenvalue weighted by Gasteiger charge is -2.14. The standard InChI is InChI=1S/C18H22ClN3O5.C18H20ClN3O4.C15H14Cl2N2O5.C11H14ClNO3.C4H2ClNO3.C3H9N/c1-10(2)20-18-21-13(9-27-18)17(24)22-16-12(11(3)23)5-6-14(15(16)19)26-8-7-25-4;1-10(2)20-18-22-13(9-26-18)12-8-14(23)11-4-5-15(25-7-6-24-3)16(19)17(11)21-12;1-8(20)9-3-4-11(23-6-5-22-2)12(16)13(9)19-14(21)10-7-24-15(17)18-10;1-7(14)8-3-4-9(10(12)11(8)13)16-6-5-15-2;5-4-6-2(1-9-4)3(7)8;1-3(2)4/h5-6,9-10H,7-8H2,1-4H3,(H,20,21)(H,22,24);4-5,8-10H,6-7H2,1-3H3,(H,20,22)(H,21,23);3-4,7H,5-6H2,1-2H3,(H,19,21);3-4H,5-6,13H2,1-2H3;1H,(H,7,8);3H,4H2,1-2H3. The van der Waals surface area contributed by atoms with Crippen LogP contribution in [0.4, 0.5) is 29.1 Å². The first-order valence-electron chi connectivity index (χ1n) is 31.6. The zero-order valence-electron chi connectivity index (χ0n) is 59.8. The number of nitrogens with zero attached hydrogens (tertiary/aromatic N) is 4. The molecule has 574 valence electrons. The number of halogens is 6. The monoisotopic (exact) mass is 1590 g/mol. The molecule has 0 saturated heterocycles. The van der Waals surface area contributed by atoms with E-state index in [1.165, 1.54) is 45.4 Å². The number of hydrogen-bond acceptors (Lipinski definition) is 27. The third-order valence-corrected chi connectivity index (χ3v) is 14.7. The number of pyridine rings is 1. The predicted molar refractivity (Wildman–Crippen MR) is 403 cm³/mol. The number of nitrogen functional groups attached to an aromatic ring is 1. The number of carboxylic acids is 1. The smallest absolute Gasteiger partial charge is 0.357 e. The van der Waals surface area contributed by atoms with Crippen molar-refractivity contribution in [2.24, 2.45) is 5.73 Å². The van der Waals surface area contributed by atoms with E-state index in [1.807, 2.05) is 41.5 Å². The molecule has 9 rings (SSSR count). The number of benzene rings is 4. The van der Waals surface area contributed by atoms with Crippen LogP contribution in [0.3, 0.4) is 0 Å². The van der Waals surface area contributed by atoms with E-state index in [9.17, 15) is 33.6 Å². The van der Waals surface area contributed by atoms with Crippen LogP contribution in [-0.2, 0) is 18.9 Å². The van der Waals surface area contributed by atoms with Crippen LogP contribution in [0, 0.1) is 0 Å². The number of ketones is 3. The minimum atomic E-state index is -1.15. The van der Waals surface area contributed by atoms with Gasteiger partial charge in [0.25, 0.3) is 34.5 Å². The quantitative estimate of drug-likeness (QED) is 0.0123. The van der Waals surface area contributed by atoms with Gasteiger partial charge < -0.3 is 98.4 Å². The number of aromatic nitrogens is 5. The number of carbonyl (C=O) groups is 6. The highest BCUT2D eigenvalue weighted by Crippen LogP contribution is 2.39. The summed E-state index contributed by atoms with van der Waals surface area (Å²) in [6, 6.07) is 15.5. The second-order valence-corrected chi connectivity index (χ2v) is 24.6. The zero-order valence-corrected chi connectivity index (χ0v) is 64.3. The number of carboxylic acid groups (broad SMARTS) is 1. The molecule has 37 heteroatoms. The predicted octanol–water partition coefficient (Wildman–Crippen LogP) is 14.3. The molecule has 5 aromatic heterocycles. The van der Waals surface area contributed by atoms with E-state index in [1.54, 1.807) is 70.9 Å². The average molecular weight is 1600 g/mol. The fourth-order valence-corrected chi connectivity index (χ4v) is 9.37. The molecule has 0 atom stereocenters. The molecule has 0 bridgehead atoms. The summed E-state index contributed by atoms with van der Waals surface area (Å²) in [6.07, 6.45) is 4.78. The molecule has 0 radical (unpaired) electrons. The van der Waals surface area contributed by atoms with E-state index in [2.05, 4.69) is 50.6 Å². The van der Waals surface area contributed by atoms with E-state index in [-0.39, 0.29) is 125 Å². The lowest BCUT2D eigenvalue weighted by Crippen LogP contribution is -2.16. The van der Waals surface area contributed by atoms with Crippen LogP contribution in [0.15, 0.2) is 102 Å². The third kappa shape index (κ3) is 28.4. The van der Waals surface area contributed by atoms with Crippen molar-refractivity contribution in [3.63, 3.8) is 0 Å². The number of aromatic amines is 1. The Bertz CT molecular complexity index is 4440. The highest BCUT2D eigenvalue weighted by Gasteiger charge is 2.24. The average Bonchev–Trinajstić information content (AvgIpc) is 1.13. The summed E-state index contributed by atoms with van der Waals surface area (Å²) in [7, 11) is 6.27. The first-order valence-corrected chi connectivity index (χ1v) is 33.9. The number of carbonyl (C=O) groups excluding carboxylic acids is 5. The Morgan fingerprint density at radius 1 is 0.500 bits per heavy atom. The van der Waals surface area contributed by atoms with Crippen molar-refractivity contribution < 1.29 is 89.4 Å². The van der Waals surface area contributed by atoms with Crippen molar-refractivity contribution in [1.82, 2.24) is 24.9 Å². The molecule has 5 heterocycles. The number of aromatic carboxylic acids is 1. The van der Waals surface area contributed by atoms with Gasteiger partial charge in [-0.1, -0.05) is 60.3 Å². The molecule has 0 aliphatic carbocycles. The first kappa shape index (κ1) is 88.9. The maximum Gasteiger partial charge on any atom is 0.357 e. The number of fused-ring (bicyclic) bond motifs is 1. The molecule has 106 heavy (non-hydrogen) atoms. The van der Waals surface area contributed by atoms with Gasteiger partial charge in [-0.05, 0) is 126 Å². The zero-order chi connectivity index (χ0) is 78.9. The number of nitrogens with one attached hydrogen (secondary N) is 5. The summed E-state index contributed by atoms with van der Waals surface area (Å²) in [4.78, 5) is 101. The largest absolute Gasteiger partial charge is 0.490 e. The Morgan fingerprint density at radius 3 is 1.25 bits per heavy atom. The Morgan fingerprint density at radius 2 is 0.868 bits per heavy atom. The number of oxazole rings is 4. The third-order valence-electron chi connectivity index (χ3n) is 12.8. The van der Waals surface area contributed by atoms with Gasteiger partial charge in [0.05, 0.1) is 54.7 Å². The van der Waals surface area contributed by atoms with Crippen LogP contribution in [0.2, 0.25) is 30.8 Å². The molecule has 0 saturated carbocycles. The molecule has 31 nitrogen and oxygen atoms in total. The number of Topliss-reactive ketones (excluding diaryl/α,β-unsaturated/α-hetero) is 3. The lowest BCUT2D eigenvalue weighted by atomic mass is 10.1. The van der Waals surface area contributed by atoms with E-state index in [0.717, 1.165) is 12.5 Å². The van der Waals surface area contributed by atoms with E-state index >= 15 is 0 Å². The van der Waals surface area contributed by atoms with Gasteiger partial charge in [-0.3, -0.25) is 28.8 Å². The minimum Gasteiger partial charge on any atom is -0.490 e. The van der Waals surface area contributed by atoms with Gasteiger partial charge in [-0.25, -0.2) is 4.79 Å². The van der Waals surface area contributed by atoms with Gasteiger partial charge in [-0.2, -0.15) is 19.9 Å². The Labute approximate surface area is 638 Å². The number of anilines is 5. The molecule has 0 unspecified atom stereocenters. The van der Waals surface area contributed by atoms with Crippen molar-refractivity contribution in [2.45, 2.75) is 80.4 Å². The summed E-state index contributed by atoms with van der Waals surface area (Å²) in [5.74, 6) is -1.39. The summed E-state index contributed by atoms with van der Waals surface area (Å²) < 4.78 is 61.3. The van der Waals surface area contributed by atoms with Crippen LogP contribution in [0.25, 0.3) is 22.3 Å². The highest BCUT2D eigenvalue weighted by molar-refractivity contribution is 6.38. The second-order valence-electron chi connectivity index (χ2n) is 22.4. The van der Waals surface area contributed by atoms with Gasteiger partial charge in [0, 0.05) is 68.7 Å².